The first-order chi connectivity index (χ1) is 12.3. The van der Waals surface area contributed by atoms with Gasteiger partial charge in [0.25, 0.3) is 11.2 Å². The number of hydrogen-bond acceptors (Lipinski definition) is 7. The van der Waals surface area contributed by atoms with Crippen LogP contribution in [0.4, 0.5) is 11.5 Å². The molecule has 0 amide bonds. The summed E-state index contributed by atoms with van der Waals surface area (Å²) < 4.78 is 27.3. The Kier molecular flexibility index (Phi) is 4.42. The molecule has 0 atom stereocenters. The number of sulfonamides is 1. The molecule has 2 aromatic heterocycles. The lowest BCUT2D eigenvalue weighted by molar-refractivity contribution is -0.384. The van der Waals surface area contributed by atoms with E-state index < -0.39 is 26.3 Å². The number of aromatic amines is 1. The van der Waals surface area contributed by atoms with E-state index in [0.29, 0.717) is 6.42 Å². The van der Waals surface area contributed by atoms with Crippen molar-refractivity contribution >= 4 is 32.6 Å². The summed E-state index contributed by atoms with van der Waals surface area (Å²) >= 11 is 0. The van der Waals surface area contributed by atoms with Crippen LogP contribution in [0.3, 0.4) is 0 Å². The van der Waals surface area contributed by atoms with Gasteiger partial charge in [-0.3, -0.25) is 19.6 Å². The van der Waals surface area contributed by atoms with Gasteiger partial charge in [-0.05, 0) is 12.5 Å². The normalized spacial score (nSPS) is 11.6. The zero-order valence-electron chi connectivity index (χ0n) is 13.5. The number of nitro benzene ring substituents is 1. The third kappa shape index (κ3) is 3.39. The Balaban J connectivity index is 2.19. The van der Waals surface area contributed by atoms with Crippen LogP contribution in [0, 0.1) is 10.1 Å². The molecule has 0 radical (unpaired) electrons. The van der Waals surface area contributed by atoms with Crippen LogP contribution in [-0.4, -0.2) is 38.6 Å². The second kappa shape index (κ2) is 6.55. The van der Waals surface area contributed by atoms with Gasteiger partial charge in [-0.1, -0.05) is 6.92 Å². The van der Waals surface area contributed by atoms with Gasteiger partial charge in [0.1, 0.15) is 5.69 Å². The largest absolute Gasteiger partial charge is 0.317 e. The van der Waals surface area contributed by atoms with E-state index in [1.165, 1.54) is 35.4 Å². The van der Waals surface area contributed by atoms with Gasteiger partial charge in [0.05, 0.1) is 28.0 Å². The molecule has 1 aromatic carbocycles. The van der Waals surface area contributed by atoms with Gasteiger partial charge in [-0.2, -0.15) is 0 Å². The molecular weight excluding hydrogens is 364 g/mol. The summed E-state index contributed by atoms with van der Waals surface area (Å²) in [5.41, 5.74) is -0.562. The highest BCUT2D eigenvalue weighted by Crippen LogP contribution is 2.27. The summed E-state index contributed by atoms with van der Waals surface area (Å²) in [5.74, 6) is -0.552. The number of H-pyrrole nitrogens is 1. The second-order valence-electron chi connectivity index (χ2n) is 5.42. The number of nitro groups is 1. The number of rotatable bonds is 6. The number of anilines is 1. The lowest BCUT2D eigenvalue weighted by Crippen LogP contribution is -2.23. The van der Waals surface area contributed by atoms with Crippen molar-refractivity contribution in [2.45, 2.75) is 13.3 Å². The van der Waals surface area contributed by atoms with Crippen molar-refractivity contribution < 1.29 is 13.3 Å². The molecule has 0 aliphatic carbocycles. The van der Waals surface area contributed by atoms with Crippen molar-refractivity contribution in [2.24, 2.45) is 0 Å². The van der Waals surface area contributed by atoms with Crippen molar-refractivity contribution in [3.05, 3.63) is 51.3 Å². The Morgan fingerprint density at radius 2 is 2.15 bits per heavy atom. The molecule has 0 bridgehead atoms. The van der Waals surface area contributed by atoms with E-state index in [2.05, 4.69) is 19.7 Å². The van der Waals surface area contributed by atoms with Crippen LogP contribution in [-0.2, 0) is 10.0 Å². The molecule has 0 saturated heterocycles. The molecule has 26 heavy (non-hydrogen) atoms. The van der Waals surface area contributed by atoms with Gasteiger partial charge in [0.2, 0.25) is 15.8 Å². The van der Waals surface area contributed by atoms with Crippen LogP contribution in [0.5, 0.6) is 0 Å². The molecule has 2 N–H and O–H groups in total. The minimum atomic E-state index is -3.71. The third-order valence-electron chi connectivity index (χ3n) is 3.49. The third-order valence-corrected chi connectivity index (χ3v) is 4.94. The van der Waals surface area contributed by atoms with Crippen LogP contribution in [0.25, 0.3) is 16.7 Å². The van der Waals surface area contributed by atoms with Crippen LogP contribution in [0.2, 0.25) is 0 Å². The standard InChI is InChI=1S/C14H14N6O5S/c1-2-5-26(24,25)18-13-14(21)17-10-7-12(20(22)23)11(6-9(10)16-13)19-4-3-15-8-19/h3-4,6-8H,2,5H2,1H3,(H,16,18)(H,17,21). The molecule has 136 valence electrons. The van der Waals surface area contributed by atoms with E-state index >= 15 is 0 Å². The lowest BCUT2D eigenvalue weighted by atomic mass is 10.2. The fraction of sp³-hybridized carbons (Fsp3) is 0.214. The van der Waals surface area contributed by atoms with E-state index in [0.717, 1.165) is 0 Å². The van der Waals surface area contributed by atoms with Crippen molar-refractivity contribution in [1.29, 1.82) is 0 Å². The average Bonchev–Trinajstić information content (AvgIpc) is 3.08. The topological polar surface area (TPSA) is 153 Å². The lowest BCUT2D eigenvalue weighted by Gasteiger charge is -2.08. The molecule has 3 rings (SSSR count). The smallest absolute Gasteiger partial charge is 0.295 e. The molecule has 0 aliphatic heterocycles. The number of aromatic nitrogens is 4. The van der Waals surface area contributed by atoms with Crippen molar-refractivity contribution in [3.8, 4) is 5.69 Å². The highest BCUT2D eigenvalue weighted by molar-refractivity contribution is 7.92. The highest BCUT2D eigenvalue weighted by atomic mass is 32.2. The number of nitrogens with one attached hydrogen (secondary N) is 2. The summed E-state index contributed by atoms with van der Waals surface area (Å²) in [6.07, 6.45) is 4.73. The predicted molar refractivity (Wildman–Crippen MR) is 93.8 cm³/mol. The molecule has 0 aliphatic rings. The summed E-state index contributed by atoms with van der Waals surface area (Å²) in [7, 11) is -3.71. The van der Waals surface area contributed by atoms with Gasteiger partial charge in [-0.25, -0.2) is 18.4 Å². The Bertz CT molecular complexity index is 1140. The minimum Gasteiger partial charge on any atom is -0.317 e. The van der Waals surface area contributed by atoms with E-state index in [1.807, 2.05) is 0 Å². The predicted octanol–water partition coefficient (Wildman–Crippen LogP) is 1.17. The van der Waals surface area contributed by atoms with E-state index in [1.54, 1.807) is 6.92 Å². The maximum absolute atomic E-state index is 12.1. The zero-order valence-corrected chi connectivity index (χ0v) is 14.4. The molecule has 2 heterocycles. The number of fused-ring (bicyclic) bond motifs is 1. The van der Waals surface area contributed by atoms with Crippen LogP contribution >= 0.6 is 0 Å². The van der Waals surface area contributed by atoms with E-state index in [4.69, 9.17) is 0 Å². The Morgan fingerprint density at radius 1 is 1.38 bits per heavy atom. The number of nitrogens with zero attached hydrogens (tertiary/aromatic N) is 4. The summed E-state index contributed by atoms with van der Waals surface area (Å²) in [4.78, 5) is 33.1. The fourth-order valence-corrected chi connectivity index (χ4v) is 3.47. The first-order valence-corrected chi connectivity index (χ1v) is 9.17. The maximum Gasteiger partial charge on any atom is 0.295 e. The minimum absolute atomic E-state index is 0.115. The van der Waals surface area contributed by atoms with Crippen molar-refractivity contribution in [1.82, 2.24) is 19.5 Å². The summed E-state index contributed by atoms with van der Waals surface area (Å²) in [5, 5.41) is 11.3. The fourth-order valence-electron chi connectivity index (χ4n) is 2.40. The monoisotopic (exact) mass is 378 g/mol. The van der Waals surface area contributed by atoms with Crippen LogP contribution in [0.1, 0.15) is 13.3 Å². The summed E-state index contributed by atoms with van der Waals surface area (Å²) in [6.45, 7) is 1.69. The molecule has 0 spiro atoms. The molecule has 12 heteroatoms. The second-order valence-corrected chi connectivity index (χ2v) is 7.26. The van der Waals surface area contributed by atoms with Gasteiger partial charge in [-0.15, -0.1) is 0 Å². The van der Waals surface area contributed by atoms with Crippen molar-refractivity contribution in [2.75, 3.05) is 10.5 Å². The van der Waals surface area contributed by atoms with Crippen molar-refractivity contribution in [3.63, 3.8) is 0 Å². The Morgan fingerprint density at radius 3 is 2.77 bits per heavy atom. The van der Waals surface area contributed by atoms with Gasteiger partial charge >= 0.3 is 0 Å². The molecule has 0 unspecified atom stereocenters. The average molecular weight is 378 g/mol. The van der Waals surface area contributed by atoms with Gasteiger partial charge in [0, 0.05) is 18.5 Å². The number of hydrogen-bond donors (Lipinski definition) is 2. The molecule has 0 saturated carbocycles. The first kappa shape index (κ1) is 17.5. The van der Waals surface area contributed by atoms with Crippen LogP contribution < -0.4 is 10.3 Å². The van der Waals surface area contributed by atoms with Gasteiger partial charge < -0.3 is 9.55 Å². The summed E-state index contributed by atoms with van der Waals surface area (Å²) in [6, 6.07) is 2.55. The molecular formula is C14H14N6O5S. The maximum atomic E-state index is 12.1. The molecule has 3 aromatic rings. The SMILES string of the molecule is CCCS(=O)(=O)Nc1nc2cc(-n3ccnc3)c([N+](=O)[O-])cc2[nH]c1=O. The van der Waals surface area contributed by atoms with E-state index in [9.17, 15) is 23.3 Å². The Hall–Kier alpha value is -3.28. The van der Waals surface area contributed by atoms with Crippen LogP contribution in [0.15, 0.2) is 35.6 Å². The molecule has 0 fully saturated rings. The Labute approximate surface area is 146 Å². The number of imidazole rings is 1. The molecule has 11 nitrogen and oxygen atoms in total. The zero-order chi connectivity index (χ0) is 18.9. The van der Waals surface area contributed by atoms with E-state index in [-0.39, 0.29) is 28.2 Å². The number of benzene rings is 1. The highest BCUT2D eigenvalue weighted by Gasteiger charge is 2.20. The quantitative estimate of drug-likeness (QED) is 0.482. The first-order valence-electron chi connectivity index (χ1n) is 7.52. The van der Waals surface area contributed by atoms with Gasteiger partial charge in [0.15, 0.2) is 0 Å².